The summed E-state index contributed by atoms with van der Waals surface area (Å²) in [6.07, 6.45) is 3.08. The second kappa shape index (κ2) is 7.76. The van der Waals surface area contributed by atoms with Crippen molar-refractivity contribution in [3.05, 3.63) is 54.4 Å². The number of carbonyl (C=O) groups is 2. The molecule has 1 aliphatic heterocycles. The third kappa shape index (κ3) is 3.95. The number of aromatic nitrogens is 1. The number of hydrogen-bond donors (Lipinski definition) is 1. The van der Waals surface area contributed by atoms with E-state index in [4.69, 9.17) is 9.47 Å². The Morgan fingerprint density at radius 3 is 2.92 bits per heavy atom. The van der Waals surface area contributed by atoms with E-state index in [9.17, 15) is 9.59 Å². The minimum Gasteiger partial charge on any atom is -0.494 e. The van der Waals surface area contributed by atoms with Crippen molar-refractivity contribution in [1.29, 1.82) is 0 Å². The summed E-state index contributed by atoms with van der Waals surface area (Å²) in [5.74, 6) is -0.0512. The van der Waals surface area contributed by atoms with E-state index in [1.54, 1.807) is 12.3 Å². The Bertz CT molecular complexity index is 751. The zero-order valence-electron chi connectivity index (χ0n) is 13.8. The molecule has 2 amide bonds. The number of amides is 2. The second-order valence-corrected chi connectivity index (χ2v) is 5.60. The van der Waals surface area contributed by atoms with E-state index in [0.29, 0.717) is 18.0 Å². The van der Waals surface area contributed by atoms with Crippen LogP contribution in [0.3, 0.4) is 0 Å². The maximum Gasteiger partial charge on any atom is 0.249 e. The minimum atomic E-state index is -0.716. The predicted molar refractivity (Wildman–Crippen MR) is 91.0 cm³/mol. The zero-order valence-corrected chi connectivity index (χ0v) is 13.8. The molecule has 0 radical (unpaired) electrons. The normalized spacial score (nSPS) is 17.2. The Morgan fingerprint density at radius 1 is 1.36 bits per heavy atom. The van der Waals surface area contributed by atoms with Gasteiger partial charge in [0.05, 0.1) is 19.9 Å². The monoisotopic (exact) mass is 341 g/mol. The summed E-state index contributed by atoms with van der Waals surface area (Å²) < 4.78 is 10.5. The van der Waals surface area contributed by atoms with Gasteiger partial charge in [0.2, 0.25) is 11.8 Å². The molecule has 2 aromatic rings. The van der Waals surface area contributed by atoms with E-state index in [0.717, 1.165) is 5.56 Å². The van der Waals surface area contributed by atoms with Crippen molar-refractivity contribution in [2.75, 3.05) is 25.6 Å². The number of rotatable bonds is 5. The quantitative estimate of drug-likeness (QED) is 0.890. The lowest BCUT2D eigenvalue weighted by Gasteiger charge is -2.34. The van der Waals surface area contributed by atoms with Crippen molar-refractivity contribution >= 4 is 17.5 Å². The number of methoxy groups -OCH3 is 1. The van der Waals surface area contributed by atoms with Crippen LogP contribution in [0, 0.1) is 0 Å². The molecule has 2 heterocycles. The van der Waals surface area contributed by atoms with Crippen LogP contribution < -0.4 is 10.1 Å². The fraction of sp³-hybridized carbons (Fsp3) is 0.278. The average Bonchev–Trinajstić information content (AvgIpc) is 2.64. The maximum absolute atomic E-state index is 12.7. The molecule has 1 saturated heterocycles. The van der Waals surface area contributed by atoms with Gasteiger partial charge in [0.15, 0.2) is 0 Å². The van der Waals surface area contributed by atoms with Crippen LogP contribution in [0.25, 0.3) is 0 Å². The van der Waals surface area contributed by atoms with Gasteiger partial charge in [-0.2, -0.15) is 0 Å². The van der Waals surface area contributed by atoms with Crippen molar-refractivity contribution in [3.63, 3.8) is 0 Å². The Kier molecular flexibility index (Phi) is 5.25. The van der Waals surface area contributed by atoms with Gasteiger partial charge in [0.25, 0.3) is 0 Å². The van der Waals surface area contributed by atoms with Gasteiger partial charge in [-0.1, -0.05) is 30.3 Å². The molecule has 7 heteroatoms. The predicted octanol–water partition coefficient (Wildman–Crippen LogP) is 1.46. The van der Waals surface area contributed by atoms with Crippen molar-refractivity contribution < 1.29 is 19.1 Å². The Labute approximate surface area is 145 Å². The Hall–Kier alpha value is -2.93. The molecule has 1 aromatic heterocycles. The molecule has 1 fully saturated rings. The molecule has 7 nitrogen and oxygen atoms in total. The standard InChI is InChI=1S/C18H19N3O4/c1-24-16-7-8-19-9-14(16)20-18(23)15-11-25-12-17(22)21(15)10-13-5-3-2-4-6-13/h2-9,15H,10-12H2,1H3,(H,20,23). The maximum atomic E-state index is 12.7. The van der Waals surface area contributed by atoms with Gasteiger partial charge < -0.3 is 19.7 Å². The molecule has 0 aliphatic carbocycles. The fourth-order valence-electron chi connectivity index (χ4n) is 2.67. The summed E-state index contributed by atoms with van der Waals surface area (Å²) in [6, 6.07) is 10.5. The highest BCUT2D eigenvalue weighted by Gasteiger charge is 2.34. The van der Waals surface area contributed by atoms with E-state index < -0.39 is 6.04 Å². The number of pyridine rings is 1. The first-order valence-electron chi connectivity index (χ1n) is 7.89. The van der Waals surface area contributed by atoms with Gasteiger partial charge in [-0.3, -0.25) is 14.6 Å². The molecule has 1 unspecified atom stereocenters. The summed E-state index contributed by atoms with van der Waals surface area (Å²) >= 11 is 0. The Balaban J connectivity index is 1.77. The lowest BCUT2D eigenvalue weighted by Crippen LogP contribution is -2.54. The average molecular weight is 341 g/mol. The van der Waals surface area contributed by atoms with Crippen LogP contribution in [0.15, 0.2) is 48.8 Å². The van der Waals surface area contributed by atoms with Gasteiger partial charge in [-0.15, -0.1) is 0 Å². The van der Waals surface area contributed by atoms with Crippen molar-refractivity contribution in [2.24, 2.45) is 0 Å². The first-order valence-corrected chi connectivity index (χ1v) is 7.89. The molecule has 3 rings (SSSR count). The van der Waals surface area contributed by atoms with Crippen molar-refractivity contribution in [1.82, 2.24) is 9.88 Å². The molecular formula is C18H19N3O4. The SMILES string of the molecule is COc1ccncc1NC(=O)C1COCC(=O)N1Cc1ccccc1. The smallest absolute Gasteiger partial charge is 0.249 e. The fourth-order valence-corrected chi connectivity index (χ4v) is 2.67. The van der Waals surface area contributed by atoms with E-state index in [-0.39, 0.29) is 25.0 Å². The molecule has 0 bridgehead atoms. The molecule has 0 saturated carbocycles. The minimum absolute atomic E-state index is 0.0210. The van der Waals surface area contributed by atoms with Gasteiger partial charge in [-0.05, 0) is 5.56 Å². The molecule has 1 aromatic carbocycles. The Morgan fingerprint density at radius 2 is 2.16 bits per heavy atom. The van der Waals surface area contributed by atoms with Crippen molar-refractivity contribution in [3.8, 4) is 5.75 Å². The first kappa shape index (κ1) is 16.9. The molecule has 1 atom stereocenters. The summed E-state index contributed by atoms with van der Waals surface area (Å²) in [4.78, 5) is 30.5. The third-order valence-corrected chi connectivity index (χ3v) is 3.96. The second-order valence-electron chi connectivity index (χ2n) is 5.60. The van der Waals surface area contributed by atoms with Crippen LogP contribution in [0.2, 0.25) is 0 Å². The first-order chi connectivity index (χ1) is 12.2. The third-order valence-electron chi connectivity index (χ3n) is 3.96. The highest BCUT2D eigenvalue weighted by molar-refractivity contribution is 5.98. The highest BCUT2D eigenvalue weighted by Crippen LogP contribution is 2.23. The number of morpholine rings is 1. The number of carbonyl (C=O) groups excluding carboxylic acids is 2. The number of ether oxygens (including phenoxy) is 2. The number of nitrogens with zero attached hydrogens (tertiary/aromatic N) is 2. The molecule has 1 aliphatic rings. The van der Waals surface area contributed by atoms with E-state index in [1.165, 1.54) is 18.2 Å². The number of hydrogen-bond acceptors (Lipinski definition) is 5. The molecule has 0 spiro atoms. The van der Waals surface area contributed by atoms with Crippen molar-refractivity contribution in [2.45, 2.75) is 12.6 Å². The van der Waals surface area contributed by atoms with Crippen LogP contribution >= 0.6 is 0 Å². The van der Waals surface area contributed by atoms with E-state index in [2.05, 4.69) is 10.3 Å². The number of benzene rings is 1. The van der Waals surface area contributed by atoms with Gasteiger partial charge in [0, 0.05) is 18.8 Å². The molecule has 130 valence electrons. The number of anilines is 1. The number of nitrogens with one attached hydrogen (secondary N) is 1. The van der Waals surface area contributed by atoms with Crippen LogP contribution in [-0.2, 0) is 20.9 Å². The highest BCUT2D eigenvalue weighted by atomic mass is 16.5. The van der Waals surface area contributed by atoms with Crippen LogP contribution in [0.4, 0.5) is 5.69 Å². The lowest BCUT2D eigenvalue weighted by molar-refractivity contribution is -0.154. The van der Waals surface area contributed by atoms with Crippen LogP contribution in [0.1, 0.15) is 5.56 Å². The zero-order chi connectivity index (χ0) is 17.6. The largest absolute Gasteiger partial charge is 0.494 e. The lowest BCUT2D eigenvalue weighted by atomic mass is 10.1. The summed E-state index contributed by atoms with van der Waals surface area (Å²) in [5.41, 5.74) is 1.40. The summed E-state index contributed by atoms with van der Waals surface area (Å²) in [5, 5.41) is 2.77. The molecule has 25 heavy (non-hydrogen) atoms. The molecule has 1 N–H and O–H groups in total. The van der Waals surface area contributed by atoms with Gasteiger partial charge in [0.1, 0.15) is 24.1 Å². The molecular weight excluding hydrogens is 322 g/mol. The van der Waals surface area contributed by atoms with Crippen LogP contribution in [-0.4, -0.2) is 48.1 Å². The summed E-state index contributed by atoms with van der Waals surface area (Å²) in [7, 11) is 1.51. The van der Waals surface area contributed by atoms with Gasteiger partial charge in [-0.25, -0.2) is 0 Å². The van der Waals surface area contributed by atoms with Crippen LogP contribution in [0.5, 0.6) is 5.75 Å². The summed E-state index contributed by atoms with van der Waals surface area (Å²) in [6.45, 7) is 0.477. The van der Waals surface area contributed by atoms with E-state index >= 15 is 0 Å². The van der Waals surface area contributed by atoms with E-state index in [1.807, 2.05) is 30.3 Å². The van der Waals surface area contributed by atoms with Gasteiger partial charge >= 0.3 is 0 Å². The topological polar surface area (TPSA) is 80.8 Å².